The van der Waals surface area contributed by atoms with Crippen LogP contribution in [0.15, 0.2) is 18.5 Å². The Hall–Kier alpha value is -0.780. The summed E-state index contributed by atoms with van der Waals surface area (Å²) in [6.45, 7) is 4.38. The molecule has 4 nitrogen and oxygen atoms in total. The Morgan fingerprint density at radius 2 is 2.40 bits per heavy atom. The zero-order valence-electron chi connectivity index (χ0n) is 12.6. The zero-order chi connectivity index (χ0) is 14.4. The molecule has 2 atom stereocenters. The molecule has 0 aliphatic carbocycles. The van der Waals surface area contributed by atoms with Gasteiger partial charge in [0, 0.05) is 30.3 Å². The molecule has 0 bridgehead atoms. The van der Waals surface area contributed by atoms with Crippen molar-refractivity contribution in [3.8, 4) is 5.75 Å². The van der Waals surface area contributed by atoms with Gasteiger partial charge in [-0.15, -0.1) is 0 Å². The highest BCUT2D eigenvalue weighted by molar-refractivity contribution is 7.99. The van der Waals surface area contributed by atoms with E-state index in [4.69, 9.17) is 4.74 Å². The summed E-state index contributed by atoms with van der Waals surface area (Å²) in [7, 11) is 3.91. The van der Waals surface area contributed by atoms with Crippen molar-refractivity contribution in [2.45, 2.75) is 25.4 Å². The molecule has 1 aliphatic rings. The lowest BCUT2D eigenvalue weighted by atomic mass is 10.0. The lowest BCUT2D eigenvalue weighted by molar-refractivity contribution is 0.215. The first-order valence-corrected chi connectivity index (χ1v) is 8.42. The SMILES string of the molecule is CCCNC(c1cncc(OC)c1)C1CSCCN1C. The number of ether oxygens (including phenoxy) is 1. The van der Waals surface area contributed by atoms with Gasteiger partial charge in [0.2, 0.25) is 0 Å². The maximum absolute atomic E-state index is 5.31. The van der Waals surface area contributed by atoms with E-state index in [0.717, 1.165) is 31.0 Å². The maximum atomic E-state index is 5.31. The summed E-state index contributed by atoms with van der Waals surface area (Å²) in [6.07, 6.45) is 4.86. The van der Waals surface area contributed by atoms with Gasteiger partial charge in [0.15, 0.2) is 0 Å². The van der Waals surface area contributed by atoms with Crippen molar-refractivity contribution in [2.75, 3.05) is 38.8 Å². The molecular formula is C15H25N3OS. The van der Waals surface area contributed by atoms with E-state index in [1.54, 1.807) is 13.3 Å². The summed E-state index contributed by atoms with van der Waals surface area (Å²) in [5.41, 5.74) is 1.22. The van der Waals surface area contributed by atoms with Crippen LogP contribution in [0.25, 0.3) is 0 Å². The summed E-state index contributed by atoms with van der Waals surface area (Å²) in [5.74, 6) is 3.22. The normalized spacial score (nSPS) is 21.6. The highest BCUT2D eigenvalue weighted by Crippen LogP contribution is 2.28. The number of aromatic nitrogens is 1. The van der Waals surface area contributed by atoms with Crippen molar-refractivity contribution in [3.05, 3.63) is 24.0 Å². The van der Waals surface area contributed by atoms with Crippen LogP contribution in [0.2, 0.25) is 0 Å². The molecule has 0 amide bonds. The minimum Gasteiger partial charge on any atom is -0.495 e. The van der Waals surface area contributed by atoms with E-state index in [9.17, 15) is 0 Å². The highest BCUT2D eigenvalue weighted by atomic mass is 32.2. The molecule has 1 N–H and O–H groups in total. The van der Waals surface area contributed by atoms with Gasteiger partial charge in [-0.1, -0.05) is 6.92 Å². The van der Waals surface area contributed by atoms with Gasteiger partial charge < -0.3 is 10.1 Å². The first-order valence-electron chi connectivity index (χ1n) is 7.26. The van der Waals surface area contributed by atoms with Crippen molar-refractivity contribution >= 4 is 11.8 Å². The molecule has 2 unspecified atom stereocenters. The van der Waals surface area contributed by atoms with E-state index in [-0.39, 0.29) is 0 Å². The molecule has 5 heteroatoms. The Balaban J connectivity index is 2.20. The maximum Gasteiger partial charge on any atom is 0.137 e. The van der Waals surface area contributed by atoms with Crippen molar-refractivity contribution < 1.29 is 4.74 Å². The Kier molecular flexibility index (Phi) is 6.13. The van der Waals surface area contributed by atoms with Gasteiger partial charge in [-0.2, -0.15) is 11.8 Å². The van der Waals surface area contributed by atoms with Gasteiger partial charge in [0.1, 0.15) is 5.75 Å². The molecule has 2 heterocycles. The molecule has 0 saturated carbocycles. The van der Waals surface area contributed by atoms with Crippen LogP contribution < -0.4 is 10.1 Å². The van der Waals surface area contributed by atoms with Crippen molar-refractivity contribution in [1.82, 2.24) is 15.2 Å². The number of nitrogens with one attached hydrogen (secondary N) is 1. The molecule has 2 rings (SSSR count). The average Bonchev–Trinajstić information content (AvgIpc) is 2.49. The number of likely N-dealkylation sites (N-methyl/N-ethyl adjacent to an activating group) is 1. The first-order chi connectivity index (χ1) is 9.76. The second-order valence-corrected chi connectivity index (χ2v) is 6.36. The summed E-state index contributed by atoms with van der Waals surface area (Å²) in [6, 6.07) is 2.93. The number of pyridine rings is 1. The molecule has 0 radical (unpaired) electrons. The van der Waals surface area contributed by atoms with Crippen molar-refractivity contribution in [3.63, 3.8) is 0 Å². The third-order valence-corrected chi connectivity index (χ3v) is 4.82. The molecular weight excluding hydrogens is 270 g/mol. The lowest BCUT2D eigenvalue weighted by Gasteiger charge is -2.38. The van der Waals surface area contributed by atoms with E-state index in [1.165, 1.54) is 11.3 Å². The highest BCUT2D eigenvalue weighted by Gasteiger charge is 2.29. The van der Waals surface area contributed by atoms with Crippen LogP contribution in [-0.4, -0.2) is 54.7 Å². The van der Waals surface area contributed by atoms with Crippen molar-refractivity contribution in [2.24, 2.45) is 0 Å². The monoisotopic (exact) mass is 295 g/mol. The third-order valence-electron chi connectivity index (χ3n) is 3.77. The average molecular weight is 295 g/mol. The number of hydrogen-bond donors (Lipinski definition) is 1. The summed E-state index contributed by atoms with van der Waals surface area (Å²) in [5, 5.41) is 3.69. The lowest BCUT2D eigenvalue weighted by Crippen LogP contribution is -2.48. The van der Waals surface area contributed by atoms with Crippen LogP contribution in [0.1, 0.15) is 24.9 Å². The molecule has 1 saturated heterocycles. The van der Waals surface area contributed by atoms with E-state index in [0.29, 0.717) is 12.1 Å². The fourth-order valence-corrected chi connectivity index (χ4v) is 3.82. The van der Waals surface area contributed by atoms with Crippen LogP contribution >= 0.6 is 11.8 Å². The minimum atomic E-state index is 0.315. The van der Waals surface area contributed by atoms with Gasteiger partial charge in [0.05, 0.1) is 19.3 Å². The number of nitrogens with zero attached hydrogens (tertiary/aromatic N) is 2. The van der Waals surface area contributed by atoms with E-state index in [1.807, 2.05) is 18.0 Å². The number of rotatable bonds is 6. The number of hydrogen-bond acceptors (Lipinski definition) is 5. The fourth-order valence-electron chi connectivity index (χ4n) is 2.55. The third kappa shape index (κ3) is 3.87. The van der Waals surface area contributed by atoms with E-state index < -0.39 is 0 Å². The topological polar surface area (TPSA) is 37.4 Å². The van der Waals surface area contributed by atoms with Crippen molar-refractivity contribution in [1.29, 1.82) is 0 Å². The first kappa shape index (κ1) is 15.6. The van der Waals surface area contributed by atoms with E-state index >= 15 is 0 Å². The summed E-state index contributed by atoms with van der Waals surface area (Å²) < 4.78 is 5.31. The standard InChI is InChI=1S/C15H25N3OS/c1-4-5-17-15(14-11-20-7-6-18(14)2)12-8-13(19-3)10-16-9-12/h8-10,14-15,17H,4-7,11H2,1-3H3. The Labute approximate surface area is 126 Å². The minimum absolute atomic E-state index is 0.315. The molecule has 1 aliphatic heterocycles. The van der Waals surface area contributed by atoms with E-state index in [2.05, 4.69) is 35.2 Å². The molecule has 0 spiro atoms. The van der Waals surface area contributed by atoms with Gasteiger partial charge in [-0.05, 0) is 31.6 Å². The Bertz CT molecular complexity index is 416. The number of methoxy groups -OCH3 is 1. The Morgan fingerprint density at radius 1 is 1.55 bits per heavy atom. The van der Waals surface area contributed by atoms with Gasteiger partial charge in [-0.25, -0.2) is 0 Å². The van der Waals surface area contributed by atoms with Gasteiger partial charge >= 0.3 is 0 Å². The van der Waals surface area contributed by atoms with Gasteiger partial charge in [-0.3, -0.25) is 9.88 Å². The smallest absolute Gasteiger partial charge is 0.137 e. The summed E-state index contributed by atoms with van der Waals surface area (Å²) in [4.78, 5) is 6.78. The van der Waals surface area contributed by atoms with Crippen LogP contribution in [0.5, 0.6) is 5.75 Å². The predicted molar refractivity (Wildman–Crippen MR) is 85.6 cm³/mol. The molecule has 112 valence electrons. The number of thioether (sulfide) groups is 1. The van der Waals surface area contributed by atoms with Gasteiger partial charge in [0.25, 0.3) is 0 Å². The van der Waals surface area contributed by atoms with Crippen LogP contribution in [0.3, 0.4) is 0 Å². The summed E-state index contributed by atoms with van der Waals surface area (Å²) >= 11 is 2.04. The molecule has 1 fully saturated rings. The molecule has 20 heavy (non-hydrogen) atoms. The predicted octanol–water partition coefficient (Wildman–Crippen LogP) is 2.18. The molecule has 1 aromatic rings. The quantitative estimate of drug-likeness (QED) is 0.870. The second-order valence-electron chi connectivity index (χ2n) is 5.21. The largest absolute Gasteiger partial charge is 0.495 e. The van der Waals surface area contributed by atoms with Crippen LogP contribution in [0.4, 0.5) is 0 Å². The fraction of sp³-hybridized carbons (Fsp3) is 0.667. The van der Waals surface area contributed by atoms with Crippen LogP contribution in [0, 0.1) is 0 Å². The molecule has 0 aromatic carbocycles. The Morgan fingerprint density at radius 3 is 3.10 bits per heavy atom. The zero-order valence-corrected chi connectivity index (χ0v) is 13.4. The second kappa shape index (κ2) is 7.86. The molecule has 1 aromatic heterocycles. The van der Waals surface area contributed by atoms with Crippen LogP contribution in [-0.2, 0) is 0 Å².